The van der Waals surface area contributed by atoms with Crippen molar-refractivity contribution in [3.63, 3.8) is 0 Å². The molecule has 1 fully saturated rings. The molecule has 1 amide bonds. The van der Waals surface area contributed by atoms with Gasteiger partial charge in [0.2, 0.25) is 0 Å². The minimum absolute atomic E-state index is 0.140. The molecule has 1 heterocycles. The molecule has 0 spiro atoms. The summed E-state index contributed by atoms with van der Waals surface area (Å²) in [6, 6.07) is 0. The number of hydrogen-bond donors (Lipinski definition) is 0. The van der Waals surface area contributed by atoms with E-state index in [-0.39, 0.29) is 11.3 Å². The Morgan fingerprint density at radius 2 is 1.72 bits per heavy atom. The number of rotatable bonds is 2. The molecule has 4 nitrogen and oxygen atoms in total. The van der Waals surface area contributed by atoms with Crippen LogP contribution in [0.1, 0.15) is 6.42 Å². The molecular weight excluding hydrogens is 285 g/mol. The predicted octanol–water partition coefficient (Wildman–Crippen LogP) is 0.830. The average Bonchev–Trinajstić information content (AvgIpc) is 2.62. The highest BCUT2D eigenvalue weighted by atomic mass is 32.2. The maximum Gasteiger partial charge on any atom is 0.463 e. The van der Waals surface area contributed by atoms with Gasteiger partial charge in [0, 0.05) is 19.3 Å². The van der Waals surface area contributed by atoms with Gasteiger partial charge in [-0.05, 0) is 6.42 Å². The van der Waals surface area contributed by atoms with Crippen LogP contribution in [0.2, 0.25) is 0 Å². The van der Waals surface area contributed by atoms with E-state index in [0.29, 0.717) is 0 Å². The van der Waals surface area contributed by atoms with Gasteiger partial charge in [0.05, 0.1) is 5.25 Å². The summed E-state index contributed by atoms with van der Waals surface area (Å²) in [5.41, 5.74) is 0. The van der Waals surface area contributed by atoms with E-state index in [1.54, 1.807) is 0 Å². The van der Waals surface area contributed by atoms with Crippen molar-refractivity contribution in [1.82, 2.24) is 4.90 Å². The molecule has 0 aromatic heterocycles. The van der Waals surface area contributed by atoms with Crippen LogP contribution in [0.3, 0.4) is 0 Å². The van der Waals surface area contributed by atoms with Crippen molar-refractivity contribution in [1.29, 1.82) is 0 Å². The first-order valence-electron chi connectivity index (χ1n) is 4.80. The highest BCUT2D eigenvalue weighted by Gasteiger charge is 2.65. The van der Waals surface area contributed by atoms with Gasteiger partial charge in [-0.15, -0.1) is 0 Å². The fourth-order valence-electron chi connectivity index (χ4n) is 1.58. The molecule has 18 heavy (non-hydrogen) atoms. The van der Waals surface area contributed by atoms with Crippen LogP contribution in [-0.4, -0.2) is 55.9 Å². The predicted molar refractivity (Wildman–Crippen MR) is 50.8 cm³/mol. The number of sulfone groups is 1. The van der Waals surface area contributed by atoms with E-state index >= 15 is 0 Å². The Morgan fingerprint density at radius 3 is 2.06 bits per heavy atom. The molecule has 1 saturated heterocycles. The lowest BCUT2D eigenvalue weighted by Crippen LogP contribution is -2.51. The van der Waals surface area contributed by atoms with Gasteiger partial charge in [-0.1, -0.05) is 0 Å². The summed E-state index contributed by atoms with van der Waals surface area (Å²) in [4.78, 5) is 11.3. The number of likely N-dealkylation sites (tertiary alicyclic amines) is 1. The normalized spacial score (nSPS) is 22.3. The fraction of sp³-hybridized carbons (Fsp3) is 0.875. The maximum absolute atomic E-state index is 12.7. The summed E-state index contributed by atoms with van der Waals surface area (Å²) in [7, 11) is -3.57. The maximum atomic E-state index is 12.7. The van der Waals surface area contributed by atoms with Crippen LogP contribution in [0.15, 0.2) is 0 Å². The van der Waals surface area contributed by atoms with Crippen molar-refractivity contribution >= 4 is 15.7 Å². The third-order valence-electron chi connectivity index (χ3n) is 2.66. The number of alkyl halides is 5. The van der Waals surface area contributed by atoms with E-state index in [9.17, 15) is 35.2 Å². The first-order valence-corrected chi connectivity index (χ1v) is 6.75. The van der Waals surface area contributed by atoms with Gasteiger partial charge in [0.25, 0.3) is 0 Å². The Kier molecular flexibility index (Phi) is 3.63. The van der Waals surface area contributed by atoms with Crippen LogP contribution in [0.5, 0.6) is 0 Å². The molecule has 1 atom stereocenters. The Morgan fingerprint density at radius 1 is 1.22 bits per heavy atom. The molecule has 0 aliphatic carbocycles. The second-order valence-corrected chi connectivity index (χ2v) is 6.39. The van der Waals surface area contributed by atoms with Crippen LogP contribution in [-0.2, 0) is 14.6 Å². The number of hydrogen-bond acceptors (Lipinski definition) is 3. The lowest BCUT2D eigenvalue weighted by molar-refractivity contribution is -0.274. The van der Waals surface area contributed by atoms with Crippen molar-refractivity contribution in [3.8, 4) is 0 Å². The topological polar surface area (TPSA) is 54.5 Å². The third-order valence-corrected chi connectivity index (χ3v) is 4.26. The molecule has 0 saturated carbocycles. The number of amides is 1. The molecule has 0 N–H and O–H groups in total. The van der Waals surface area contributed by atoms with Crippen molar-refractivity contribution in [2.45, 2.75) is 23.8 Å². The number of carbonyl (C=O) groups excluding carboxylic acids is 1. The van der Waals surface area contributed by atoms with E-state index in [0.717, 1.165) is 6.26 Å². The number of carbonyl (C=O) groups is 1. The Bertz CT molecular complexity index is 444. The van der Waals surface area contributed by atoms with Crippen LogP contribution >= 0.6 is 0 Å². The van der Waals surface area contributed by atoms with E-state index in [4.69, 9.17) is 0 Å². The van der Waals surface area contributed by atoms with E-state index in [2.05, 4.69) is 0 Å². The zero-order chi connectivity index (χ0) is 14.4. The standard InChI is InChI=1S/C8H10F5NO3S/c1-18(16,17)5-2-3-14(4-5)6(15)7(9,10)8(11,12)13/h5H,2-4H2,1H3. The average molecular weight is 295 g/mol. The SMILES string of the molecule is CS(=O)(=O)C1CCN(C(=O)C(F)(F)C(F)(F)F)C1. The quantitative estimate of drug-likeness (QED) is 0.709. The van der Waals surface area contributed by atoms with Gasteiger partial charge < -0.3 is 4.90 Å². The number of nitrogens with zero attached hydrogens (tertiary/aromatic N) is 1. The summed E-state index contributed by atoms with van der Waals surface area (Å²) in [5, 5.41) is -1.09. The Balaban J connectivity index is 2.84. The summed E-state index contributed by atoms with van der Waals surface area (Å²) >= 11 is 0. The largest absolute Gasteiger partial charge is 0.463 e. The summed E-state index contributed by atoms with van der Waals surface area (Å²) in [5.74, 6) is -7.89. The lowest BCUT2D eigenvalue weighted by Gasteiger charge is -2.24. The van der Waals surface area contributed by atoms with Gasteiger partial charge >= 0.3 is 18.0 Å². The second-order valence-electron chi connectivity index (χ2n) is 4.06. The summed E-state index contributed by atoms with van der Waals surface area (Å²) in [6.45, 7) is -1.06. The van der Waals surface area contributed by atoms with Crippen LogP contribution in [0.25, 0.3) is 0 Å². The second kappa shape index (κ2) is 4.32. The Hall–Kier alpha value is -0.930. The number of halogens is 5. The molecule has 1 rings (SSSR count). The molecule has 106 valence electrons. The van der Waals surface area contributed by atoms with Gasteiger partial charge in [-0.3, -0.25) is 4.79 Å². The first-order chi connectivity index (χ1) is 7.87. The van der Waals surface area contributed by atoms with Crippen LogP contribution in [0.4, 0.5) is 22.0 Å². The molecule has 0 bridgehead atoms. The first kappa shape index (κ1) is 15.1. The monoisotopic (exact) mass is 295 g/mol. The van der Waals surface area contributed by atoms with Crippen LogP contribution < -0.4 is 0 Å². The van der Waals surface area contributed by atoms with Gasteiger partial charge in [-0.25, -0.2) is 8.42 Å². The van der Waals surface area contributed by atoms with E-state index in [1.807, 2.05) is 0 Å². The molecule has 0 aromatic carbocycles. The van der Waals surface area contributed by atoms with Crippen molar-refractivity contribution < 1.29 is 35.2 Å². The molecule has 10 heteroatoms. The van der Waals surface area contributed by atoms with Crippen molar-refractivity contribution in [3.05, 3.63) is 0 Å². The summed E-state index contributed by atoms with van der Waals surface area (Å²) < 4.78 is 83.5. The fourth-order valence-corrected chi connectivity index (χ4v) is 2.57. The molecule has 0 radical (unpaired) electrons. The van der Waals surface area contributed by atoms with E-state index in [1.165, 1.54) is 0 Å². The van der Waals surface area contributed by atoms with Crippen molar-refractivity contribution in [2.75, 3.05) is 19.3 Å². The van der Waals surface area contributed by atoms with Gasteiger partial charge in [-0.2, -0.15) is 22.0 Å². The molecule has 0 aromatic rings. The van der Waals surface area contributed by atoms with Crippen molar-refractivity contribution in [2.24, 2.45) is 0 Å². The van der Waals surface area contributed by atoms with Crippen LogP contribution in [0, 0.1) is 0 Å². The molecule has 1 aliphatic rings. The molecular formula is C8H10F5NO3S. The van der Waals surface area contributed by atoms with Gasteiger partial charge in [0.1, 0.15) is 0 Å². The van der Waals surface area contributed by atoms with Gasteiger partial charge in [0.15, 0.2) is 9.84 Å². The Labute approximate surface area is 99.7 Å². The summed E-state index contributed by atoms with van der Waals surface area (Å²) in [6.07, 6.45) is -5.28. The highest BCUT2D eigenvalue weighted by Crippen LogP contribution is 2.37. The third kappa shape index (κ3) is 2.73. The highest BCUT2D eigenvalue weighted by molar-refractivity contribution is 7.91. The zero-order valence-electron chi connectivity index (χ0n) is 9.17. The minimum Gasteiger partial charge on any atom is -0.336 e. The van der Waals surface area contributed by atoms with E-state index < -0.39 is 46.2 Å². The molecule has 1 aliphatic heterocycles. The smallest absolute Gasteiger partial charge is 0.336 e. The lowest BCUT2D eigenvalue weighted by atomic mass is 10.3. The minimum atomic E-state index is -5.98. The zero-order valence-corrected chi connectivity index (χ0v) is 9.99. The molecule has 1 unspecified atom stereocenters.